The fourth-order valence-electron chi connectivity index (χ4n) is 2.74. The summed E-state index contributed by atoms with van der Waals surface area (Å²) in [4.78, 5) is 31.4. The first-order valence-corrected chi connectivity index (χ1v) is 9.89. The number of aromatic nitrogens is 2. The first-order chi connectivity index (χ1) is 13.5. The lowest BCUT2D eigenvalue weighted by Crippen LogP contribution is -2.31. The Morgan fingerprint density at radius 3 is 2.21 bits per heavy atom. The molecule has 28 heavy (non-hydrogen) atoms. The highest BCUT2D eigenvalue weighted by Crippen LogP contribution is 2.25. The number of ether oxygens (including phenoxy) is 1. The van der Waals surface area contributed by atoms with Gasteiger partial charge in [-0.1, -0.05) is 60.3 Å². The van der Waals surface area contributed by atoms with Gasteiger partial charge in [-0.3, -0.25) is 9.36 Å². The highest BCUT2D eigenvalue weighted by atomic mass is 32.2. The Hall–Kier alpha value is -3.06. The van der Waals surface area contributed by atoms with Crippen molar-refractivity contribution >= 4 is 23.6 Å². The van der Waals surface area contributed by atoms with Crippen molar-refractivity contribution in [2.45, 2.75) is 11.3 Å². The summed E-state index contributed by atoms with van der Waals surface area (Å²) in [6.07, 6.45) is 2.34. The van der Waals surface area contributed by atoms with Crippen LogP contribution in [0.5, 0.6) is 0 Å². The molecule has 0 N–H and O–H groups in total. The number of rotatable bonds is 6. The van der Waals surface area contributed by atoms with E-state index in [9.17, 15) is 9.59 Å². The van der Waals surface area contributed by atoms with E-state index in [1.54, 1.807) is 42.9 Å². The standard InChI is InChI=1S/C21H21N3O3S/c1-23(2)19(25)18(15-10-6-4-7-11-15)27-20(26)17-14-22-21(28-3)24(17)16-12-8-5-9-13-16/h4-14,18H,1-3H3. The number of imidazole rings is 1. The van der Waals surface area contributed by atoms with E-state index in [0.29, 0.717) is 10.7 Å². The molecular weight excluding hydrogens is 374 g/mol. The van der Waals surface area contributed by atoms with Crippen molar-refractivity contribution in [3.8, 4) is 5.69 Å². The Kier molecular flexibility index (Phi) is 6.16. The molecule has 1 heterocycles. The van der Waals surface area contributed by atoms with Crippen molar-refractivity contribution in [3.63, 3.8) is 0 Å². The molecule has 2 aromatic carbocycles. The summed E-state index contributed by atoms with van der Waals surface area (Å²) in [6, 6.07) is 18.4. The molecule has 0 spiro atoms. The minimum Gasteiger partial charge on any atom is -0.443 e. The maximum atomic E-state index is 13.0. The highest BCUT2D eigenvalue weighted by molar-refractivity contribution is 7.98. The molecule has 144 valence electrons. The Bertz CT molecular complexity index is 956. The number of amides is 1. The van der Waals surface area contributed by atoms with E-state index in [-0.39, 0.29) is 11.6 Å². The van der Waals surface area contributed by atoms with Crippen LogP contribution in [0.1, 0.15) is 22.2 Å². The predicted molar refractivity (Wildman–Crippen MR) is 109 cm³/mol. The van der Waals surface area contributed by atoms with Crippen LogP contribution < -0.4 is 0 Å². The molecule has 1 unspecified atom stereocenters. The van der Waals surface area contributed by atoms with Crippen LogP contribution in [0.15, 0.2) is 72.0 Å². The summed E-state index contributed by atoms with van der Waals surface area (Å²) in [5, 5.41) is 0.661. The second-order valence-corrected chi connectivity index (χ2v) is 7.00. The lowest BCUT2D eigenvalue weighted by atomic mass is 10.1. The molecule has 3 rings (SSSR count). The largest absolute Gasteiger partial charge is 0.443 e. The first kappa shape index (κ1) is 19.7. The molecule has 3 aromatic rings. The minimum absolute atomic E-state index is 0.267. The van der Waals surface area contributed by atoms with Gasteiger partial charge in [-0.2, -0.15) is 0 Å². The monoisotopic (exact) mass is 395 g/mol. The van der Waals surface area contributed by atoms with Crippen LogP contribution in [-0.4, -0.2) is 46.7 Å². The number of hydrogen-bond donors (Lipinski definition) is 0. The third kappa shape index (κ3) is 4.09. The van der Waals surface area contributed by atoms with Crippen molar-refractivity contribution in [2.75, 3.05) is 20.4 Å². The van der Waals surface area contributed by atoms with Crippen LogP contribution >= 0.6 is 11.8 Å². The van der Waals surface area contributed by atoms with Crippen molar-refractivity contribution < 1.29 is 14.3 Å². The molecule has 0 saturated heterocycles. The number of esters is 1. The zero-order chi connectivity index (χ0) is 20.1. The molecule has 0 aliphatic heterocycles. The van der Waals surface area contributed by atoms with Gasteiger partial charge in [-0.05, 0) is 18.4 Å². The molecule has 1 aromatic heterocycles. The SMILES string of the molecule is CSc1ncc(C(=O)OC(C(=O)N(C)C)c2ccccc2)n1-c1ccccc1. The minimum atomic E-state index is -1.03. The Balaban J connectivity index is 1.97. The van der Waals surface area contributed by atoms with E-state index in [0.717, 1.165) is 5.69 Å². The molecule has 0 aliphatic carbocycles. The average Bonchev–Trinajstić information content (AvgIpc) is 3.17. The summed E-state index contributed by atoms with van der Waals surface area (Å²) >= 11 is 1.42. The summed E-state index contributed by atoms with van der Waals surface area (Å²) < 4.78 is 7.40. The molecule has 0 saturated carbocycles. The smallest absolute Gasteiger partial charge is 0.358 e. The third-order valence-electron chi connectivity index (χ3n) is 4.13. The normalized spacial score (nSPS) is 11.7. The van der Waals surface area contributed by atoms with Gasteiger partial charge in [0, 0.05) is 25.3 Å². The van der Waals surface area contributed by atoms with Gasteiger partial charge in [0.25, 0.3) is 5.91 Å². The lowest BCUT2D eigenvalue weighted by Gasteiger charge is -2.21. The number of carbonyl (C=O) groups is 2. The number of nitrogens with zero attached hydrogens (tertiary/aromatic N) is 3. The van der Waals surface area contributed by atoms with Gasteiger partial charge < -0.3 is 9.64 Å². The van der Waals surface area contributed by atoms with Crippen molar-refractivity contribution in [2.24, 2.45) is 0 Å². The Labute approximate surface area is 168 Å². The second kappa shape index (κ2) is 8.75. The maximum absolute atomic E-state index is 13.0. The van der Waals surface area contributed by atoms with E-state index in [2.05, 4.69) is 4.98 Å². The predicted octanol–water partition coefficient (Wildman–Crippen LogP) is 3.58. The molecule has 0 aliphatic rings. The van der Waals surface area contributed by atoms with Gasteiger partial charge in [-0.25, -0.2) is 9.78 Å². The van der Waals surface area contributed by atoms with Crippen molar-refractivity contribution in [1.82, 2.24) is 14.5 Å². The quantitative estimate of drug-likeness (QED) is 0.472. The first-order valence-electron chi connectivity index (χ1n) is 8.67. The lowest BCUT2D eigenvalue weighted by molar-refractivity contribution is -0.138. The summed E-state index contributed by atoms with van der Waals surface area (Å²) in [7, 11) is 3.26. The van der Waals surface area contributed by atoms with E-state index in [1.807, 2.05) is 42.7 Å². The van der Waals surface area contributed by atoms with Crippen LogP contribution in [0.25, 0.3) is 5.69 Å². The molecule has 0 bridgehead atoms. The van der Waals surface area contributed by atoms with E-state index >= 15 is 0 Å². The molecule has 1 atom stereocenters. The Morgan fingerprint density at radius 2 is 1.64 bits per heavy atom. The molecule has 7 heteroatoms. The van der Waals surface area contributed by atoms with Gasteiger partial charge in [-0.15, -0.1) is 0 Å². The average molecular weight is 395 g/mol. The van der Waals surface area contributed by atoms with E-state index in [1.165, 1.54) is 22.9 Å². The fourth-order valence-corrected chi connectivity index (χ4v) is 3.28. The van der Waals surface area contributed by atoms with Crippen LogP contribution in [-0.2, 0) is 9.53 Å². The van der Waals surface area contributed by atoms with E-state index in [4.69, 9.17) is 4.74 Å². The number of para-hydroxylation sites is 1. The second-order valence-electron chi connectivity index (χ2n) is 6.23. The van der Waals surface area contributed by atoms with Crippen LogP contribution in [0.3, 0.4) is 0 Å². The summed E-state index contributed by atoms with van der Waals surface area (Å²) in [6.45, 7) is 0. The maximum Gasteiger partial charge on any atom is 0.358 e. The number of benzene rings is 2. The molecular formula is C21H21N3O3S. The number of hydrogen-bond acceptors (Lipinski definition) is 5. The fraction of sp³-hybridized carbons (Fsp3) is 0.190. The number of carbonyl (C=O) groups excluding carboxylic acids is 2. The van der Waals surface area contributed by atoms with Gasteiger partial charge in [0.2, 0.25) is 6.10 Å². The van der Waals surface area contributed by atoms with Gasteiger partial charge in [0.15, 0.2) is 10.9 Å². The molecule has 0 fully saturated rings. The van der Waals surface area contributed by atoms with E-state index < -0.39 is 12.1 Å². The number of thioether (sulfide) groups is 1. The Morgan fingerprint density at radius 1 is 1.04 bits per heavy atom. The topological polar surface area (TPSA) is 64.4 Å². The van der Waals surface area contributed by atoms with Gasteiger partial charge >= 0.3 is 5.97 Å². The summed E-state index contributed by atoms with van der Waals surface area (Å²) in [5.74, 6) is -0.920. The third-order valence-corrected chi connectivity index (χ3v) is 4.78. The zero-order valence-electron chi connectivity index (χ0n) is 15.9. The van der Waals surface area contributed by atoms with Gasteiger partial charge in [0.05, 0.1) is 6.20 Å². The highest BCUT2D eigenvalue weighted by Gasteiger charge is 2.29. The van der Waals surface area contributed by atoms with Crippen LogP contribution in [0.2, 0.25) is 0 Å². The van der Waals surface area contributed by atoms with Crippen LogP contribution in [0, 0.1) is 0 Å². The van der Waals surface area contributed by atoms with Crippen LogP contribution in [0.4, 0.5) is 0 Å². The molecule has 1 amide bonds. The van der Waals surface area contributed by atoms with Crippen molar-refractivity contribution in [1.29, 1.82) is 0 Å². The van der Waals surface area contributed by atoms with Crippen molar-refractivity contribution in [3.05, 3.63) is 78.1 Å². The summed E-state index contributed by atoms with van der Waals surface area (Å²) in [5.41, 5.74) is 1.68. The number of likely N-dealkylation sites (N-methyl/N-ethyl adjacent to an activating group) is 1. The van der Waals surface area contributed by atoms with Gasteiger partial charge in [0.1, 0.15) is 0 Å². The molecule has 0 radical (unpaired) electrons. The zero-order valence-corrected chi connectivity index (χ0v) is 16.7. The molecule has 6 nitrogen and oxygen atoms in total.